The number of hydrogen-bond donors (Lipinski definition) is 1. The van der Waals surface area contributed by atoms with Gasteiger partial charge in [0.2, 0.25) is 0 Å². The summed E-state index contributed by atoms with van der Waals surface area (Å²) in [5.74, 6) is -0.326. The van der Waals surface area contributed by atoms with E-state index in [0.29, 0.717) is 34.7 Å². The summed E-state index contributed by atoms with van der Waals surface area (Å²) in [7, 11) is 1.18. The van der Waals surface area contributed by atoms with E-state index < -0.39 is 24.5 Å². The third-order valence-corrected chi connectivity index (χ3v) is 4.05. The van der Waals surface area contributed by atoms with Crippen molar-refractivity contribution in [3.8, 4) is 11.5 Å². The molecule has 0 aromatic heterocycles. The van der Waals surface area contributed by atoms with E-state index in [1.165, 1.54) is 13.2 Å². The van der Waals surface area contributed by atoms with Crippen molar-refractivity contribution in [2.75, 3.05) is 26.9 Å². The normalized spacial score (nSPS) is 14.9. The predicted molar refractivity (Wildman–Crippen MR) is 101 cm³/mol. The minimum absolute atomic E-state index is 0.0398. The molecule has 0 atom stereocenters. The maximum absolute atomic E-state index is 12.4. The highest BCUT2D eigenvalue weighted by molar-refractivity contribution is 9.10. The van der Waals surface area contributed by atoms with Crippen LogP contribution in [0.1, 0.15) is 12.5 Å². The zero-order valence-corrected chi connectivity index (χ0v) is 16.5. The maximum atomic E-state index is 12.4. The summed E-state index contributed by atoms with van der Waals surface area (Å²) in [6.07, 6.45) is 3.10. The Kier molecular flexibility index (Phi) is 7.00. The molecule has 0 spiro atoms. The van der Waals surface area contributed by atoms with Crippen LogP contribution in [-0.2, 0) is 14.3 Å². The van der Waals surface area contributed by atoms with Gasteiger partial charge in [0, 0.05) is 0 Å². The quantitative estimate of drug-likeness (QED) is 0.290. The number of rotatable bonds is 8. The molecule has 0 radical (unpaired) electrons. The summed E-state index contributed by atoms with van der Waals surface area (Å²) in [5.41, 5.74) is 0.637. The fraction of sp³-hybridized carbons (Fsp3) is 0.278. The number of imide groups is 1. The first-order valence-corrected chi connectivity index (χ1v) is 8.81. The van der Waals surface area contributed by atoms with Crippen molar-refractivity contribution in [2.45, 2.75) is 6.92 Å². The molecule has 0 saturated carbocycles. The van der Waals surface area contributed by atoms with Gasteiger partial charge in [-0.15, -0.1) is 0 Å². The van der Waals surface area contributed by atoms with Gasteiger partial charge in [0.15, 0.2) is 11.5 Å². The van der Waals surface area contributed by atoms with Crippen molar-refractivity contribution in [1.29, 1.82) is 0 Å². The lowest BCUT2D eigenvalue weighted by atomic mass is 10.1. The summed E-state index contributed by atoms with van der Waals surface area (Å²) in [6, 6.07) is 2.71. The lowest BCUT2D eigenvalue weighted by Gasteiger charge is -2.14. The van der Waals surface area contributed by atoms with Gasteiger partial charge in [-0.2, -0.15) is 0 Å². The second-order valence-corrected chi connectivity index (χ2v) is 6.17. The molecule has 1 fully saturated rings. The fourth-order valence-electron chi connectivity index (χ4n) is 2.29. The molecule has 9 heteroatoms. The zero-order chi connectivity index (χ0) is 20.0. The fourth-order valence-corrected chi connectivity index (χ4v) is 2.87. The van der Waals surface area contributed by atoms with Gasteiger partial charge in [-0.1, -0.05) is 12.7 Å². The van der Waals surface area contributed by atoms with Crippen molar-refractivity contribution >= 4 is 39.9 Å². The molecule has 2 rings (SSSR count). The Hall–Kier alpha value is -2.81. The molecule has 0 bridgehead atoms. The van der Waals surface area contributed by atoms with Crippen LogP contribution < -0.4 is 14.8 Å². The molecule has 1 aliphatic rings. The van der Waals surface area contributed by atoms with Crippen molar-refractivity contribution in [2.24, 2.45) is 0 Å². The third-order valence-electron chi connectivity index (χ3n) is 3.47. The number of hydrogen-bond acceptors (Lipinski definition) is 6. The second kappa shape index (κ2) is 9.22. The van der Waals surface area contributed by atoms with E-state index in [1.807, 2.05) is 6.92 Å². The Labute approximate surface area is 164 Å². The highest BCUT2D eigenvalue weighted by Crippen LogP contribution is 2.37. The SMILES string of the molecule is C=CCOc1c(Br)cc(C=C2NC(=O)N(CC(=O)OC)C2=O)cc1OCC. The van der Waals surface area contributed by atoms with Crippen LogP contribution in [-0.4, -0.2) is 49.7 Å². The maximum Gasteiger partial charge on any atom is 0.329 e. The Morgan fingerprint density at radius 1 is 1.33 bits per heavy atom. The topological polar surface area (TPSA) is 94.2 Å². The Morgan fingerprint density at radius 2 is 2.07 bits per heavy atom. The van der Waals surface area contributed by atoms with Gasteiger partial charge < -0.3 is 19.5 Å². The molecule has 144 valence electrons. The van der Waals surface area contributed by atoms with Gasteiger partial charge in [-0.3, -0.25) is 9.59 Å². The Balaban J connectivity index is 2.32. The average Bonchev–Trinajstić information content (AvgIpc) is 2.88. The molecule has 1 aromatic carbocycles. The van der Waals surface area contributed by atoms with Crippen molar-refractivity contribution < 1.29 is 28.6 Å². The highest BCUT2D eigenvalue weighted by atomic mass is 79.9. The van der Waals surface area contributed by atoms with E-state index >= 15 is 0 Å². The van der Waals surface area contributed by atoms with E-state index in [1.54, 1.807) is 18.2 Å². The van der Waals surface area contributed by atoms with Gasteiger partial charge in [0.05, 0.1) is 18.2 Å². The standard InChI is InChI=1S/C18H19BrN2O6/c1-4-6-27-16-12(19)7-11(9-14(16)26-5-2)8-13-17(23)21(18(24)20-13)10-15(22)25-3/h4,7-9H,1,5-6,10H2,2-3H3,(H,20,24). The summed E-state index contributed by atoms with van der Waals surface area (Å²) >= 11 is 3.42. The van der Waals surface area contributed by atoms with Crippen LogP contribution in [0.15, 0.2) is 35.0 Å². The van der Waals surface area contributed by atoms with Crippen LogP contribution >= 0.6 is 15.9 Å². The highest BCUT2D eigenvalue weighted by Gasteiger charge is 2.35. The molecule has 3 amide bonds. The summed E-state index contributed by atoms with van der Waals surface area (Å²) in [5, 5.41) is 2.44. The van der Waals surface area contributed by atoms with Crippen LogP contribution in [0, 0.1) is 0 Å². The van der Waals surface area contributed by atoms with Gasteiger partial charge in [-0.05, 0) is 46.6 Å². The number of ether oxygens (including phenoxy) is 3. The van der Waals surface area contributed by atoms with Crippen molar-refractivity contribution in [1.82, 2.24) is 10.2 Å². The summed E-state index contributed by atoms with van der Waals surface area (Å²) in [4.78, 5) is 36.4. The van der Waals surface area contributed by atoms with Crippen LogP contribution in [0.3, 0.4) is 0 Å². The molecule has 0 aliphatic carbocycles. The second-order valence-electron chi connectivity index (χ2n) is 5.32. The van der Waals surface area contributed by atoms with Crippen LogP contribution in [0.25, 0.3) is 6.08 Å². The molecule has 1 aliphatic heterocycles. The third kappa shape index (κ3) is 4.88. The van der Waals surface area contributed by atoms with E-state index in [9.17, 15) is 14.4 Å². The summed E-state index contributed by atoms with van der Waals surface area (Å²) < 4.78 is 16.3. The van der Waals surface area contributed by atoms with E-state index in [0.717, 1.165) is 4.90 Å². The van der Waals surface area contributed by atoms with Crippen molar-refractivity contribution in [3.63, 3.8) is 0 Å². The van der Waals surface area contributed by atoms with Gasteiger partial charge in [0.1, 0.15) is 18.8 Å². The van der Waals surface area contributed by atoms with Crippen molar-refractivity contribution in [3.05, 3.63) is 40.5 Å². The molecular formula is C18H19BrN2O6. The lowest BCUT2D eigenvalue weighted by molar-refractivity contribution is -0.143. The smallest absolute Gasteiger partial charge is 0.329 e. The van der Waals surface area contributed by atoms with Crippen LogP contribution in [0.4, 0.5) is 4.79 Å². The number of urea groups is 1. The van der Waals surface area contributed by atoms with Crippen LogP contribution in [0.5, 0.6) is 11.5 Å². The summed E-state index contributed by atoms with van der Waals surface area (Å²) in [6.45, 7) is 5.71. The molecule has 8 nitrogen and oxygen atoms in total. The number of carbonyl (C=O) groups excluding carboxylic acids is 3. The molecule has 1 heterocycles. The van der Waals surface area contributed by atoms with Crippen LogP contribution in [0.2, 0.25) is 0 Å². The molecule has 0 unspecified atom stereocenters. The lowest BCUT2D eigenvalue weighted by Crippen LogP contribution is -2.36. The number of nitrogens with one attached hydrogen (secondary N) is 1. The molecule has 1 N–H and O–H groups in total. The van der Waals surface area contributed by atoms with Gasteiger partial charge in [-0.25, -0.2) is 9.69 Å². The number of nitrogens with zero attached hydrogens (tertiary/aromatic N) is 1. The average molecular weight is 439 g/mol. The Morgan fingerprint density at radius 3 is 2.70 bits per heavy atom. The monoisotopic (exact) mass is 438 g/mol. The minimum Gasteiger partial charge on any atom is -0.490 e. The number of methoxy groups -OCH3 is 1. The largest absolute Gasteiger partial charge is 0.490 e. The van der Waals surface area contributed by atoms with Gasteiger partial charge in [0.25, 0.3) is 5.91 Å². The number of halogens is 1. The number of amides is 3. The minimum atomic E-state index is -0.690. The first-order valence-electron chi connectivity index (χ1n) is 8.02. The van der Waals surface area contributed by atoms with E-state index in [-0.39, 0.29) is 5.70 Å². The first-order chi connectivity index (χ1) is 12.9. The number of carbonyl (C=O) groups is 3. The Bertz CT molecular complexity index is 805. The van der Waals surface area contributed by atoms with E-state index in [2.05, 4.69) is 32.6 Å². The molecule has 27 heavy (non-hydrogen) atoms. The number of esters is 1. The number of benzene rings is 1. The molecule has 1 saturated heterocycles. The van der Waals surface area contributed by atoms with E-state index in [4.69, 9.17) is 9.47 Å². The van der Waals surface area contributed by atoms with Gasteiger partial charge >= 0.3 is 12.0 Å². The first kappa shape index (κ1) is 20.5. The molecular weight excluding hydrogens is 420 g/mol. The molecule has 1 aromatic rings. The predicted octanol–water partition coefficient (Wildman–Crippen LogP) is 2.48. The zero-order valence-electron chi connectivity index (χ0n) is 14.9.